The predicted molar refractivity (Wildman–Crippen MR) is 89.8 cm³/mol. The Labute approximate surface area is 157 Å². The van der Waals surface area contributed by atoms with Gasteiger partial charge in [0.1, 0.15) is 24.0 Å². The molecule has 27 heavy (non-hydrogen) atoms. The fraction of sp³-hybridized carbons (Fsp3) is 0.294. The Morgan fingerprint density at radius 1 is 1.26 bits per heavy atom. The topological polar surface area (TPSA) is 91.7 Å². The van der Waals surface area contributed by atoms with Gasteiger partial charge in [-0.05, 0) is 11.6 Å². The van der Waals surface area contributed by atoms with Crippen LogP contribution in [0.25, 0.3) is 0 Å². The van der Waals surface area contributed by atoms with Gasteiger partial charge in [0.15, 0.2) is 0 Å². The summed E-state index contributed by atoms with van der Waals surface area (Å²) in [7, 11) is 0. The lowest BCUT2D eigenvalue weighted by Gasteiger charge is -2.19. The fourth-order valence-corrected chi connectivity index (χ4v) is 2.33. The third-order valence-corrected chi connectivity index (χ3v) is 3.84. The van der Waals surface area contributed by atoms with Gasteiger partial charge in [-0.15, -0.1) is 0 Å². The Balaban J connectivity index is 1.90. The molecule has 0 radical (unpaired) electrons. The number of hydrogen-bond acceptors (Lipinski definition) is 5. The number of aliphatic hydroxyl groups is 2. The third-order valence-electron chi connectivity index (χ3n) is 3.54. The van der Waals surface area contributed by atoms with Crippen LogP contribution in [-0.2, 0) is 17.5 Å². The number of nitrogens with zero attached hydrogens (tertiary/aromatic N) is 1. The first kappa shape index (κ1) is 20.9. The normalized spacial score (nSPS) is 13.7. The van der Waals surface area contributed by atoms with Crippen molar-refractivity contribution in [1.82, 2.24) is 10.3 Å². The van der Waals surface area contributed by atoms with E-state index in [1.54, 1.807) is 30.3 Å². The second kappa shape index (κ2) is 9.03. The summed E-state index contributed by atoms with van der Waals surface area (Å²) in [5.74, 6) is 0. The average Bonchev–Trinajstić information content (AvgIpc) is 2.64. The van der Waals surface area contributed by atoms with Crippen molar-refractivity contribution in [2.24, 2.45) is 0 Å². The van der Waals surface area contributed by atoms with Crippen LogP contribution in [0.4, 0.5) is 18.0 Å². The molecule has 0 saturated carbocycles. The number of ether oxygens (including phenoxy) is 1. The SMILES string of the molecule is O=C(NCC(O)C(O)c1cnc(Cl)c(C(F)(F)F)c1)OCc1ccccc1. The van der Waals surface area contributed by atoms with E-state index in [2.05, 4.69) is 10.3 Å². The minimum Gasteiger partial charge on any atom is -0.445 e. The monoisotopic (exact) mass is 404 g/mol. The van der Waals surface area contributed by atoms with Crippen molar-refractivity contribution < 1.29 is 32.9 Å². The number of amides is 1. The first-order valence-corrected chi connectivity index (χ1v) is 8.09. The summed E-state index contributed by atoms with van der Waals surface area (Å²) in [6, 6.07) is 9.43. The molecule has 10 heteroatoms. The molecule has 2 atom stereocenters. The summed E-state index contributed by atoms with van der Waals surface area (Å²) in [6.07, 6.45) is -8.00. The Hall–Kier alpha value is -2.36. The first-order chi connectivity index (χ1) is 12.7. The number of pyridine rings is 1. The van der Waals surface area contributed by atoms with Crippen LogP contribution >= 0.6 is 11.6 Å². The van der Waals surface area contributed by atoms with E-state index in [4.69, 9.17) is 16.3 Å². The number of halogens is 4. The molecule has 2 rings (SSSR count). The maximum atomic E-state index is 12.8. The van der Waals surface area contributed by atoms with E-state index in [0.29, 0.717) is 6.07 Å². The highest BCUT2D eigenvalue weighted by Gasteiger charge is 2.35. The van der Waals surface area contributed by atoms with Gasteiger partial charge in [0.25, 0.3) is 0 Å². The van der Waals surface area contributed by atoms with Crippen LogP contribution in [0.3, 0.4) is 0 Å². The second-order valence-electron chi connectivity index (χ2n) is 5.56. The number of nitrogens with one attached hydrogen (secondary N) is 1. The summed E-state index contributed by atoms with van der Waals surface area (Å²) in [6.45, 7) is -0.444. The number of rotatable bonds is 6. The first-order valence-electron chi connectivity index (χ1n) is 7.72. The van der Waals surface area contributed by atoms with E-state index in [1.165, 1.54) is 0 Å². The number of aliphatic hydroxyl groups excluding tert-OH is 2. The highest BCUT2D eigenvalue weighted by molar-refractivity contribution is 6.30. The largest absolute Gasteiger partial charge is 0.445 e. The molecular weight excluding hydrogens is 389 g/mol. The molecule has 0 saturated heterocycles. The molecule has 0 fully saturated rings. The smallest absolute Gasteiger partial charge is 0.419 e. The zero-order valence-electron chi connectivity index (χ0n) is 13.8. The average molecular weight is 405 g/mol. The van der Waals surface area contributed by atoms with Gasteiger partial charge in [-0.3, -0.25) is 0 Å². The maximum absolute atomic E-state index is 12.8. The van der Waals surface area contributed by atoms with Crippen LogP contribution in [0.2, 0.25) is 5.15 Å². The number of alkyl carbamates (subject to hydrolysis) is 1. The molecule has 0 bridgehead atoms. The van der Waals surface area contributed by atoms with Gasteiger partial charge >= 0.3 is 12.3 Å². The van der Waals surface area contributed by atoms with Crippen LogP contribution in [0, 0.1) is 0 Å². The number of aromatic nitrogens is 1. The molecule has 6 nitrogen and oxygen atoms in total. The van der Waals surface area contributed by atoms with Gasteiger partial charge in [0, 0.05) is 18.3 Å². The molecule has 1 heterocycles. The van der Waals surface area contributed by atoms with Crippen molar-refractivity contribution in [3.05, 3.63) is 64.4 Å². The van der Waals surface area contributed by atoms with Crippen LogP contribution in [0.15, 0.2) is 42.6 Å². The summed E-state index contributed by atoms with van der Waals surface area (Å²) in [5.41, 5.74) is -0.776. The van der Waals surface area contributed by atoms with E-state index in [9.17, 15) is 28.2 Å². The number of benzene rings is 1. The Morgan fingerprint density at radius 3 is 2.56 bits per heavy atom. The minimum absolute atomic E-state index is 0.00136. The van der Waals surface area contributed by atoms with Gasteiger partial charge in [-0.25, -0.2) is 9.78 Å². The molecule has 2 unspecified atom stereocenters. The zero-order valence-corrected chi connectivity index (χ0v) is 14.5. The van der Waals surface area contributed by atoms with Crippen molar-refractivity contribution in [3.8, 4) is 0 Å². The van der Waals surface area contributed by atoms with Crippen LogP contribution in [0.1, 0.15) is 22.8 Å². The number of alkyl halides is 3. The third kappa shape index (κ3) is 6.09. The molecular formula is C17H16ClF3N2O4. The van der Waals surface area contributed by atoms with E-state index >= 15 is 0 Å². The summed E-state index contributed by atoms with van der Waals surface area (Å²) >= 11 is 5.40. The zero-order chi connectivity index (χ0) is 20.0. The maximum Gasteiger partial charge on any atom is 0.419 e. The van der Waals surface area contributed by atoms with Crippen LogP contribution < -0.4 is 5.32 Å². The number of carbonyl (C=O) groups is 1. The van der Waals surface area contributed by atoms with E-state index in [0.717, 1.165) is 11.8 Å². The highest BCUT2D eigenvalue weighted by Crippen LogP contribution is 2.35. The second-order valence-corrected chi connectivity index (χ2v) is 5.92. The van der Waals surface area contributed by atoms with Gasteiger partial charge in [-0.1, -0.05) is 41.9 Å². The molecule has 0 aliphatic carbocycles. The van der Waals surface area contributed by atoms with Crippen molar-refractivity contribution in [1.29, 1.82) is 0 Å². The molecule has 1 amide bonds. The molecule has 1 aromatic heterocycles. The Kier molecular flexibility index (Phi) is 7.00. The Bertz CT molecular complexity index is 775. The van der Waals surface area contributed by atoms with Crippen molar-refractivity contribution in [2.45, 2.75) is 25.0 Å². The lowest BCUT2D eigenvalue weighted by Crippen LogP contribution is -2.35. The van der Waals surface area contributed by atoms with Crippen molar-refractivity contribution >= 4 is 17.7 Å². The molecule has 3 N–H and O–H groups in total. The lowest BCUT2D eigenvalue weighted by atomic mass is 10.0. The lowest BCUT2D eigenvalue weighted by molar-refractivity contribution is -0.137. The van der Waals surface area contributed by atoms with E-state index in [-0.39, 0.29) is 12.2 Å². The van der Waals surface area contributed by atoms with Crippen molar-refractivity contribution in [2.75, 3.05) is 6.54 Å². The molecule has 1 aromatic carbocycles. The minimum atomic E-state index is -4.76. The van der Waals surface area contributed by atoms with Gasteiger partial charge in [0.05, 0.1) is 5.56 Å². The van der Waals surface area contributed by atoms with Crippen LogP contribution in [-0.4, -0.2) is 33.9 Å². The van der Waals surface area contributed by atoms with Gasteiger partial charge in [0.2, 0.25) is 0 Å². The van der Waals surface area contributed by atoms with E-state index in [1.807, 2.05) is 0 Å². The molecule has 146 valence electrons. The summed E-state index contributed by atoms with van der Waals surface area (Å²) in [4.78, 5) is 15.0. The highest BCUT2D eigenvalue weighted by atomic mass is 35.5. The van der Waals surface area contributed by atoms with Gasteiger partial charge < -0.3 is 20.3 Å². The molecule has 0 aliphatic rings. The predicted octanol–water partition coefficient (Wildman–Crippen LogP) is 3.07. The molecule has 0 aliphatic heterocycles. The van der Waals surface area contributed by atoms with Crippen molar-refractivity contribution in [3.63, 3.8) is 0 Å². The Morgan fingerprint density at radius 2 is 1.93 bits per heavy atom. The summed E-state index contributed by atoms with van der Waals surface area (Å²) in [5, 5.41) is 21.4. The van der Waals surface area contributed by atoms with Crippen LogP contribution in [0.5, 0.6) is 0 Å². The number of carbonyl (C=O) groups excluding carboxylic acids is 1. The quantitative estimate of drug-likeness (QED) is 0.644. The summed E-state index contributed by atoms with van der Waals surface area (Å²) < 4.78 is 43.4. The number of hydrogen-bond donors (Lipinski definition) is 3. The fourth-order valence-electron chi connectivity index (χ4n) is 2.12. The molecule has 0 spiro atoms. The molecule has 2 aromatic rings. The standard InChI is InChI=1S/C17H16ClF3N2O4/c18-15-12(17(19,20)21)6-11(7-22-15)14(25)13(24)8-23-16(26)27-9-10-4-2-1-3-5-10/h1-7,13-14,24-25H,8-9H2,(H,23,26). The van der Waals surface area contributed by atoms with E-state index < -0.39 is 41.7 Å². The van der Waals surface area contributed by atoms with Gasteiger partial charge in [-0.2, -0.15) is 13.2 Å².